The summed E-state index contributed by atoms with van der Waals surface area (Å²) >= 11 is 0. The minimum absolute atomic E-state index is 0.216. The summed E-state index contributed by atoms with van der Waals surface area (Å²) in [5.74, 6) is 0.216. The van der Waals surface area contributed by atoms with Crippen LogP contribution in [0.4, 0.5) is 0 Å². The van der Waals surface area contributed by atoms with Crippen LogP contribution in [0.25, 0.3) is 0 Å². The van der Waals surface area contributed by atoms with Gasteiger partial charge in [-0.2, -0.15) is 0 Å². The second-order valence-electron chi connectivity index (χ2n) is 4.54. The van der Waals surface area contributed by atoms with Crippen molar-refractivity contribution in [3.63, 3.8) is 0 Å². The zero-order valence-electron chi connectivity index (χ0n) is 10.6. The molecule has 0 saturated carbocycles. The first-order valence-corrected chi connectivity index (χ1v) is 6.38. The van der Waals surface area contributed by atoms with Gasteiger partial charge in [-0.15, -0.1) is 0 Å². The largest absolute Gasteiger partial charge is 0.339 e. The molecule has 1 aliphatic rings. The summed E-state index contributed by atoms with van der Waals surface area (Å²) in [6.07, 6.45) is 3.54. The van der Waals surface area contributed by atoms with Crippen LogP contribution in [0.5, 0.6) is 0 Å². The van der Waals surface area contributed by atoms with E-state index < -0.39 is 0 Å². The molecule has 0 bridgehead atoms. The third-order valence-electron chi connectivity index (χ3n) is 3.39. The molecule has 0 radical (unpaired) electrons. The van der Waals surface area contributed by atoms with Gasteiger partial charge in [-0.1, -0.05) is 6.92 Å². The highest BCUT2D eigenvalue weighted by Crippen LogP contribution is 2.17. The summed E-state index contributed by atoms with van der Waals surface area (Å²) < 4.78 is 0. The molecule has 4 nitrogen and oxygen atoms in total. The fraction of sp³-hybridized carbons (Fsp3) is 0.917. The fourth-order valence-corrected chi connectivity index (χ4v) is 2.46. The average molecular weight is 227 g/mol. The SMILES string of the molecule is CCN(CCN)CC1CCCCN1C(C)=O. The van der Waals surface area contributed by atoms with E-state index in [2.05, 4.69) is 11.8 Å². The minimum atomic E-state index is 0.216. The molecule has 1 unspecified atom stereocenters. The molecule has 0 spiro atoms. The van der Waals surface area contributed by atoms with Gasteiger partial charge in [-0.25, -0.2) is 0 Å². The quantitative estimate of drug-likeness (QED) is 0.751. The summed E-state index contributed by atoms with van der Waals surface area (Å²) in [5.41, 5.74) is 5.58. The van der Waals surface area contributed by atoms with Crippen LogP contribution in [0.3, 0.4) is 0 Å². The number of carbonyl (C=O) groups excluding carboxylic acids is 1. The number of hydrogen-bond acceptors (Lipinski definition) is 3. The number of amides is 1. The molecule has 94 valence electrons. The molecule has 1 aliphatic heterocycles. The Labute approximate surface area is 98.8 Å². The number of piperidine rings is 1. The van der Waals surface area contributed by atoms with E-state index in [4.69, 9.17) is 5.73 Å². The number of carbonyl (C=O) groups is 1. The Morgan fingerprint density at radius 3 is 2.81 bits per heavy atom. The summed E-state index contributed by atoms with van der Waals surface area (Å²) in [6.45, 7) is 8.38. The van der Waals surface area contributed by atoms with E-state index in [1.165, 1.54) is 6.42 Å². The number of hydrogen-bond donors (Lipinski definition) is 1. The highest BCUT2D eigenvalue weighted by atomic mass is 16.2. The van der Waals surface area contributed by atoms with Crippen molar-refractivity contribution in [3.8, 4) is 0 Å². The first kappa shape index (κ1) is 13.5. The topological polar surface area (TPSA) is 49.6 Å². The van der Waals surface area contributed by atoms with Crippen molar-refractivity contribution in [2.75, 3.05) is 32.7 Å². The molecule has 0 aromatic heterocycles. The highest BCUT2D eigenvalue weighted by Gasteiger charge is 2.25. The van der Waals surface area contributed by atoms with Crippen LogP contribution in [0, 0.1) is 0 Å². The van der Waals surface area contributed by atoms with E-state index in [0.717, 1.165) is 39.0 Å². The summed E-state index contributed by atoms with van der Waals surface area (Å²) in [4.78, 5) is 15.9. The number of nitrogens with two attached hydrogens (primary N) is 1. The molecule has 4 heteroatoms. The smallest absolute Gasteiger partial charge is 0.219 e. The Kier molecular flexibility index (Phi) is 5.77. The lowest BCUT2D eigenvalue weighted by Gasteiger charge is -2.38. The van der Waals surface area contributed by atoms with E-state index in [1.807, 2.05) is 4.90 Å². The number of likely N-dealkylation sites (tertiary alicyclic amines) is 1. The van der Waals surface area contributed by atoms with E-state index in [1.54, 1.807) is 6.92 Å². The molecule has 1 amide bonds. The fourth-order valence-electron chi connectivity index (χ4n) is 2.46. The van der Waals surface area contributed by atoms with Gasteiger partial charge in [0.25, 0.3) is 0 Å². The Hall–Kier alpha value is -0.610. The Morgan fingerprint density at radius 2 is 2.25 bits per heavy atom. The van der Waals surface area contributed by atoms with Crippen molar-refractivity contribution in [1.29, 1.82) is 0 Å². The van der Waals surface area contributed by atoms with Gasteiger partial charge in [-0.3, -0.25) is 4.79 Å². The molecule has 1 fully saturated rings. The number of likely N-dealkylation sites (N-methyl/N-ethyl adjacent to an activating group) is 1. The van der Waals surface area contributed by atoms with Crippen molar-refractivity contribution < 1.29 is 4.79 Å². The van der Waals surface area contributed by atoms with Crippen molar-refractivity contribution in [2.24, 2.45) is 5.73 Å². The molecule has 2 N–H and O–H groups in total. The van der Waals surface area contributed by atoms with Gasteiger partial charge in [0, 0.05) is 39.1 Å². The second-order valence-corrected chi connectivity index (χ2v) is 4.54. The van der Waals surface area contributed by atoms with E-state index in [-0.39, 0.29) is 5.91 Å². The van der Waals surface area contributed by atoms with Gasteiger partial charge in [-0.05, 0) is 25.8 Å². The van der Waals surface area contributed by atoms with E-state index in [9.17, 15) is 4.79 Å². The maximum absolute atomic E-state index is 11.5. The summed E-state index contributed by atoms with van der Waals surface area (Å²) in [6, 6.07) is 0.401. The van der Waals surface area contributed by atoms with Gasteiger partial charge in [0.2, 0.25) is 5.91 Å². The van der Waals surface area contributed by atoms with Gasteiger partial charge in [0.05, 0.1) is 0 Å². The van der Waals surface area contributed by atoms with Crippen LogP contribution in [-0.2, 0) is 4.79 Å². The minimum Gasteiger partial charge on any atom is -0.339 e. The van der Waals surface area contributed by atoms with Gasteiger partial charge >= 0.3 is 0 Å². The van der Waals surface area contributed by atoms with Gasteiger partial charge in [0.15, 0.2) is 0 Å². The third-order valence-corrected chi connectivity index (χ3v) is 3.39. The zero-order valence-corrected chi connectivity index (χ0v) is 10.6. The van der Waals surface area contributed by atoms with Crippen LogP contribution in [0.15, 0.2) is 0 Å². The van der Waals surface area contributed by atoms with Crippen LogP contribution >= 0.6 is 0 Å². The molecule has 1 saturated heterocycles. The molecule has 1 heterocycles. The molecule has 0 aromatic carbocycles. The number of nitrogens with zero attached hydrogens (tertiary/aromatic N) is 2. The summed E-state index contributed by atoms with van der Waals surface area (Å²) in [7, 11) is 0. The Bertz CT molecular complexity index is 220. The van der Waals surface area contributed by atoms with E-state index >= 15 is 0 Å². The zero-order chi connectivity index (χ0) is 12.0. The Morgan fingerprint density at radius 1 is 1.50 bits per heavy atom. The number of rotatable bonds is 5. The lowest BCUT2D eigenvalue weighted by atomic mass is 10.0. The molecule has 0 aliphatic carbocycles. The summed E-state index contributed by atoms with van der Waals surface area (Å²) in [5, 5.41) is 0. The van der Waals surface area contributed by atoms with Crippen LogP contribution in [-0.4, -0.2) is 54.5 Å². The maximum Gasteiger partial charge on any atom is 0.219 e. The lowest BCUT2D eigenvalue weighted by Crippen LogP contribution is -2.49. The van der Waals surface area contributed by atoms with E-state index in [0.29, 0.717) is 12.6 Å². The molecule has 1 rings (SSSR count). The predicted molar refractivity (Wildman–Crippen MR) is 66.2 cm³/mol. The van der Waals surface area contributed by atoms with Gasteiger partial charge < -0.3 is 15.5 Å². The molecule has 16 heavy (non-hydrogen) atoms. The third kappa shape index (κ3) is 3.76. The Balaban J connectivity index is 2.50. The molecular formula is C12H25N3O. The standard InChI is InChI=1S/C12H25N3O/c1-3-14(9-7-13)10-12-6-4-5-8-15(12)11(2)16/h12H,3-10,13H2,1-2H3. The normalized spacial score (nSPS) is 21.5. The van der Waals surface area contributed by atoms with Crippen molar-refractivity contribution in [2.45, 2.75) is 39.2 Å². The maximum atomic E-state index is 11.5. The van der Waals surface area contributed by atoms with Crippen molar-refractivity contribution >= 4 is 5.91 Å². The molecular weight excluding hydrogens is 202 g/mol. The van der Waals surface area contributed by atoms with Crippen molar-refractivity contribution in [1.82, 2.24) is 9.80 Å². The highest BCUT2D eigenvalue weighted by molar-refractivity contribution is 5.73. The average Bonchev–Trinajstić information content (AvgIpc) is 2.29. The lowest BCUT2D eigenvalue weighted by molar-refractivity contribution is -0.132. The second kappa shape index (κ2) is 6.86. The van der Waals surface area contributed by atoms with Crippen LogP contribution < -0.4 is 5.73 Å². The van der Waals surface area contributed by atoms with Crippen LogP contribution in [0.1, 0.15) is 33.1 Å². The van der Waals surface area contributed by atoms with Crippen molar-refractivity contribution in [3.05, 3.63) is 0 Å². The predicted octanol–water partition coefficient (Wildman–Crippen LogP) is 0.668. The molecule has 0 aromatic rings. The van der Waals surface area contributed by atoms with Crippen LogP contribution in [0.2, 0.25) is 0 Å². The molecule has 1 atom stereocenters. The monoisotopic (exact) mass is 227 g/mol. The van der Waals surface area contributed by atoms with Gasteiger partial charge in [0.1, 0.15) is 0 Å². The first-order valence-electron chi connectivity index (χ1n) is 6.38. The first-order chi connectivity index (χ1) is 7.69.